The smallest absolute Gasteiger partial charge is 0.327 e. The fourth-order valence-electron chi connectivity index (χ4n) is 4.19. The number of carbonyl (C=O) groups is 3. The molecule has 1 saturated carbocycles. The van der Waals surface area contributed by atoms with Crippen molar-refractivity contribution >= 4 is 17.8 Å². The van der Waals surface area contributed by atoms with E-state index in [0.717, 1.165) is 29.9 Å². The van der Waals surface area contributed by atoms with Crippen LogP contribution >= 0.6 is 0 Å². The number of amides is 4. The lowest BCUT2D eigenvalue weighted by molar-refractivity contribution is -0.141. The summed E-state index contributed by atoms with van der Waals surface area (Å²) < 4.78 is 5.58. The number of likely N-dealkylation sites (N-methyl/N-ethyl adjacent to an activating group) is 1. The second-order valence-electron chi connectivity index (χ2n) is 7.95. The van der Waals surface area contributed by atoms with Gasteiger partial charge in [0.15, 0.2) is 0 Å². The Morgan fingerprint density at radius 3 is 2.44 bits per heavy atom. The van der Waals surface area contributed by atoms with Crippen molar-refractivity contribution in [3.8, 4) is 0 Å². The summed E-state index contributed by atoms with van der Waals surface area (Å²) in [5.74, 6) is 1.00. The SMILES string of the molecule is Cc1ccc(CN(C(=O)CN2C(=O)N(C)C3(CCCCC3)C2=O)C(C)C)o1. The van der Waals surface area contributed by atoms with E-state index in [0.29, 0.717) is 25.1 Å². The van der Waals surface area contributed by atoms with Crippen molar-refractivity contribution in [1.29, 1.82) is 0 Å². The minimum Gasteiger partial charge on any atom is -0.464 e. The molecule has 148 valence electrons. The van der Waals surface area contributed by atoms with Crippen LogP contribution in [0.25, 0.3) is 0 Å². The molecule has 1 saturated heterocycles. The predicted molar refractivity (Wildman–Crippen MR) is 99.8 cm³/mol. The molecule has 7 heteroatoms. The van der Waals surface area contributed by atoms with Crippen molar-refractivity contribution < 1.29 is 18.8 Å². The molecule has 3 rings (SSSR count). The highest BCUT2D eigenvalue weighted by atomic mass is 16.3. The number of nitrogens with zero attached hydrogens (tertiary/aromatic N) is 3. The number of urea groups is 1. The molecular weight excluding hydrogens is 346 g/mol. The van der Waals surface area contributed by atoms with Crippen molar-refractivity contribution in [1.82, 2.24) is 14.7 Å². The van der Waals surface area contributed by atoms with Gasteiger partial charge in [-0.2, -0.15) is 0 Å². The maximum absolute atomic E-state index is 13.1. The average molecular weight is 375 g/mol. The van der Waals surface area contributed by atoms with Crippen molar-refractivity contribution in [3.63, 3.8) is 0 Å². The molecule has 0 bridgehead atoms. The van der Waals surface area contributed by atoms with Crippen molar-refractivity contribution in [3.05, 3.63) is 23.7 Å². The third-order valence-electron chi connectivity index (χ3n) is 5.84. The van der Waals surface area contributed by atoms with Gasteiger partial charge in [-0.15, -0.1) is 0 Å². The van der Waals surface area contributed by atoms with Crippen LogP contribution < -0.4 is 0 Å². The summed E-state index contributed by atoms with van der Waals surface area (Å²) in [6.07, 6.45) is 4.30. The summed E-state index contributed by atoms with van der Waals surface area (Å²) >= 11 is 0. The minimum atomic E-state index is -0.754. The van der Waals surface area contributed by atoms with E-state index < -0.39 is 5.54 Å². The van der Waals surface area contributed by atoms with Gasteiger partial charge in [-0.25, -0.2) is 4.79 Å². The third kappa shape index (κ3) is 3.47. The topological polar surface area (TPSA) is 74.1 Å². The Morgan fingerprint density at radius 2 is 1.89 bits per heavy atom. The Labute approximate surface area is 160 Å². The summed E-state index contributed by atoms with van der Waals surface area (Å²) in [5.41, 5.74) is -0.754. The van der Waals surface area contributed by atoms with Crippen LogP contribution in [0.5, 0.6) is 0 Å². The van der Waals surface area contributed by atoms with E-state index in [2.05, 4.69) is 0 Å². The molecule has 0 radical (unpaired) electrons. The molecule has 0 aromatic carbocycles. The first-order valence-electron chi connectivity index (χ1n) is 9.71. The summed E-state index contributed by atoms with van der Waals surface area (Å²) in [7, 11) is 1.68. The molecule has 2 fully saturated rings. The predicted octanol–water partition coefficient (Wildman–Crippen LogP) is 2.92. The normalized spacial score (nSPS) is 19.4. The summed E-state index contributed by atoms with van der Waals surface area (Å²) in [4.78, 5) is 43.1. The van der Waals surface area contributed by atoms with E-state index >= 15 is 0 Å². The molecule has 1 spiro atoms. The summed E-state index contributed by atoms with van der Waals surface area (Å²) in [5, 5.41) is 0. The lowest BCUT2D eigenvalue weighted by atomic mass is 9.81. The van der Waals surface area contributed by atoms with Crippen LogP contribution in [0, 0.1) is 6.92 Å². The van der Waals surface area contributed by atoms with Gasteiger partial charge >= 0.3 is 6.03 Å². The average Bonchev–Trinajstić information content (AvgIpc) is 3.12. The zero-order valence-electron chi connectivity index (χ0n) is 16.7. The molecule has 2 aliphatic rings. The standard InChI is InChI=1S/C20H29N3O4/c1-14(2)22(12-16-9-8-15(3)27-16)17(24)13-23-18(25)20(21(4)19(23)26)10-6-5-7-11-20/h8-9,14H,5-7,10-13H2,1-4H3. The fraction of sp³-hybridized carbons (Fsp3) is 0.650. The Hall–Kier alpha value is -2.31. The largest absolute Gasteiger partial charge is 0.464 e. The third-order valence-corrected chi connectivity index (χ3v) is 5.84. The van der Waals surface area contributed by atoms with E-state index in [9.17, 15) is 14.4 Å². The monoisotopic (exact) mass is 375 g/mol. The second-order valence-corrected chi connectivity index (χ2v) is 7.95. The first-order valence-corrected chi connectivity index (χ1v) is 9.71. The van der Waals surface area contributed by atoms with Gasteiger partial charge in [-0.05, 0) is 45.7 Å². The Balaban J connectivity index is 1.75. The number of hydrogen-bond donors (Lipinski definition) is 0. The van der Waals surface area contributed by atoms with Crippen molar-refractivity contribution in [2.75, 3.05) is 13.6 Å². The minimum absolute atomic E-state index is 0.0721. The summed E-state index contributed by atoms with van der Waals surface area (Å²) in [6.45, 7) is 5.78. The van der Waals surface area contributed by atoms with Crippen LogP contribution in [0.1, 0.15) is 57.5 Å². The van der Waals surface area contributed by atoms with Crippen LogP contribution in [0.3, 0.4) is 0 Å². The van der Waals surface area contributed by atoms with Gasteiger partial charge in [-0.3, -0.25) is 14.5 Å². The number of rotatable bonds is 5. The maximum Gasteiger partial charge on any atom is 0.327 e. The number of imide groups is 1. The van der Waals surface area contributed by atoms with E-state index in [1.54, 1.807) is 16.8 Å². The van der Waals surface area contributed by atoms with E-state index in [-0.39, 0.29) is 30.4 Å². The molecule has 0 N–H and O–H groups in total. The molecule has 0 atom stereocenters. The van der Waals surface area contributed by atoms with Crippen LogP contribution in [-0.4, -0.2) is 57.7 Å². The quantitative estimate of drug-likeness (QED) is 0.742. The molecular formula is C20H29N3O4. The molecule has 7 nitrogen and oxygen atoms in total. The first-order chi connectivity index (χ1) is 12.8. The highest BCUT2D eigenvalue weighted by Gasteiger charge is 2.56. The second kappa shape index (κ2) is 7.37. The number of hydrogen-bond acceptors (Lipinski definition) is 4. The lowest BCUT2D eigenvalue weighted by Crippen LogP contribution is -2.50. The molecule has 1 aromatic rings. The van der Waals surface area contributed by atoms with Crippen molar-refractivity contribution in [2.24, 2.45) is 0 Å². The molecule has 1 aliphatic heterocycles. The number of aryl methyl sites for hydroxylation is 1. The van der Waals surface area contributed by atoms with Crippen LogP contribution in [-0.2, 0) is 16.1 Å². The molecule has 27 heavy (non-hydrogen) atoms. The Kier molecular flexibility index (Phi) is 5.31. The molecule has 2 heterocycles. The van der Waals surface area contributed by atoms with Gasteiger partial charge in [0.1, 0.15) is 23.6 Å². The maximum atomic E-state index is 13.1. The van der Waals surface area contributed by atoms with Gasteiger partial charge in [0.25, 0.3) is 5.91 Å². The zero-order valence-corrected chi connectivity index (χ0v) is 16.7. The Morgan fingerprint density at radius 1 is 1.22 bits per heavy atom. The van der Waals surface area contributed by atoms with Gasteiger partial charge < -0.3 is 14.2 Å². The van der Waals surface area contributed by atoms with Gasteiger partial charge in [0.05, 0.1) is 6.54 Å². The summed E-state index contributed by atoms with van der Waals surface area (Å²) in [6, 6.07) is 3.26. The number of carbonyl (C=O) groups excluding carboxylic acids is 3. The first kappa shape index (κ1) is 19.5. The zero-order chi connectivity index (χ0) is 19.8. The van der Waals surface area contributed by atoms with Gasteiger partial charge in [0.2, 0.25) is 5.91 Å². The molecule has 0 unspecified atom stereocenters. The lowest BCUT2D eigenvalue weighted by Gasteiger charge is -2.35. The molecule has 4 amide bonds. The fourth-order valence-corrected chi connectivity index (χ4v) is 4.19. The van der Waals surface area contributed by atoms with E-state index in [1.807, 2.05) is 32.9 Å². The van der Waals surface area contributed by atoms with Crippen LogP contribution in [0.2, 0.25) is 0 Å². The van der Waals surface area contributed by atoms with Crippen LogP contribution in [0.4, 0.5) is 4.79 Å². The van der Waals surface area contributed by atoms with E-state index in [4.69, 9.17) is 4.42 Å². The molecule has 1 aromatic heterocycles. The Bertz CT molecular complexity index is 733. The molecule has 1 aliphatic carbocycles. The van der Waals surface area contributed by atoms with E-state index in [1.165, 1.54) is 0 Å². The van der Waals surface area contributed by atoms with Crippen molar-refractivity contribution in [2.45, 2.75) is 71.0 Å². The van der Waals surface area contributed by atoms with Gasteiger partial charge in [-0.1, -0.05) is 19.3 Å². The number of furan rings is 1. The van der Waals surface area contributed by atoms with Gasteiger partial charge in [0, 0.05) is 13.1 Å². The highest BCUT2D eigenvalue weighted by Crippen LogP contribution is 2.39. The van der Waals surface area contributed by atoms with Crippen LogP contribution in [0.15, 0.2) is 16.5 Å². The highest BCUT2D eigenvalue weighted by molar-refractivity contribution is 6.08.